The fourth-order valence-electron chi connectivity index (χ4n) is 2.19. The van der Waals surface area contributed by atoms with E-state index in [0.29, 0.717) is 5.60 Å². The third kappa shape index (κ3) is 0.413. The van der Waals surface area contributed by atoms with Crippen LogP contribution < -0.4 is 5.32 Å². The highest BCUT2D eigenvalue weighted by Gasteiger charge is 2.61. The summed E-state index contributed by atoms with van der Waals surface area (Å²) in [6.07, 6.45) is 1.45. The van der Waals surface area contributed by atoms with Gasteiger partial charge in [-0.15, -0.1) is 0 Å². The number of nitrogens with one attached hydrogen (secondary N) is 1. The first-order valence-corrected chi connectivity index (χ1v) is 3.75. The minimum atomic E-state index is 0.338. The van der Waals surface area contributed by atoms with Crippen LogP contribution in [-0.4, -0.2) is 25.3 Å². The van der Waals surface area contributed by atoms with Gasteiger partial charge < -0.3 is 10.1 Å². The van der Waals surface area contributed by atoms with Crippen LogP contribution in [-0.2, 0) is 4.74 Å². The van der Waals surface area contributed by atoms with E-state index >= 15 is 0 Å². The van der Waals surface area contributed by atoms with E-state index in [9.17, 15) is 0 Å². The summed E-state index contributed by atoms with van der Waals surface area (Å²) in [5, 5.41) is 3.28. The third-order valence-corrected chi connectivity index (χ3v) is 3.03. The maximum Gasteiger partial charge on any atom is 0.0961 e. The zero-order chi connectivity index (χ0) is 5.90. The van der Waals surface area contributed by atoms with Crippen LogP contribution in [0, 0.1) is 11.8 Å². The van der Waals surface area contributed by atoms with Crippen molar-refractivity contribution in [1.29, 1.82) is 0 Å². The Kier molecular flexibility index (Phi) is 0.616. The molecule has 9 heavy (non-hydrogen) atoms. The van der Waals surface area contributed by atoms with Crippen LogP contribution in [0.5, 0.6) is 0 Å². The molecule has 1 saturated carbocycles. The third-order valence-electron chi connectivity index (χ3n) is 3.03. The summed E-state index contributed by atoms with van der Waals surface area (Å²) in [7, 11) is 0. The summed E-state index contributed by atoms with van der Waals surface area (Å²) in [5.74, 6) is 1.89. The van der Waals surface area contributed by atoms with Gasteiger partial charge in [-0.05, 0) is 18.3 Å². The van der Waals surface area contributed by atoms with Gasteiger partial charge in [0.15, 0.2) is 0 Å². The van der Waals surface area contributed by atoms with Crippen molar-refractivity contribution in [2.24, 2.45) is 11.8 Å². The second-order valence-electron chi connectivity index (χ2n) is 3.58. The number of rotatable bonds is 0. The van der Waals surface area contributed by atoms with Crippen LogP contribution in [0.3, 0.4) is 0 Å². The molecule has 1 N–H and O–H groups in total. The molecule has 2 heterocycles. The van der Waals surface area contributed by atoms with E-state index in [2.05, 4.69) is 5.32 Å². The maximum atomic E-state index is 5.68. The summed E-state index contributed by atoms with van der Waals surface area (Å²) in [6, 6.07) is 0. The Morgan fingerprint density at radius 2 is 2.33 bits per heavy atom. The minimum absolute atomic E-state index is 0.338. The van der Waals surface area contributed by atoms with Crippen molar-refractivity contribution in [3.8, 4) is 0 Å². The Morgan fingerprint density at radius 1 is 1.44 bits per heavy atom. The largest absolute Gasteiger partial charge is 0.372 e. The molecule has 0 bridgehead atoms. The first-order chi connectivity index (χ1) is 4.41. The van der Waals surface area contributed by atoms with Crippen LogP contribution in [0.2, 0.25) is 0 Å². The summed E-state index contributed by atoms with van der Waals surface area (Å²) in [5.41, 5.74) is 0.338. The number of fused-ring (bicyclic) bond motifs is 2. The molecule has 2 heteroatoms. The SMILES string of the molecule is C1OC2(CNC2)[C@@H]2C[C@H]12. The van der Waals surface area contributed by atoms with E-state index in [1.165, 1.54) is 6.42 Å². The lowest BCUT2D eigenvalue weighted by molar-refractivity contribution is -0.0620. The number of ether oxygens (including phenoxy) is 1. The Bertz CT molecular complexity index is 153. The second-order valence-corrected chi connectivity index (χ2v) is 3.58. The molecule has 2 nitrogen and oxygen atoms in total. The van der Waals surface area contributed by atoms with Gasteiger partial charge >= 0.3 is 0 Å². The molecule has 0 radical (unpaired) electrons. The highest BCUT2D eigenvalue weighted by Crippen LogP contribution is 2.55. The molecule has 0 unspecified atom stereocenters. The molecule has 3 rings (SSSR count). The van der Waals surface area contributed by atoms with Gasteiger partial charge in [0, 0.05) is 13.1 Å². The van der Waals surface area contributed by atoms with E-state index in [4.69, 9.17) is 4.74 Å². The van der Waals surface area contributed by atoms with E-state index in [0.717, 1.165) is 31.5 Å². The Hall–Kier alpha value is -0.0800. The van der Waals surface area contributed by atoms with Crippen molar-refractivity contribution in [2.75, 3.05) is 19.7 Å². The van der Waals surface area contributed by atoms with Crippen LogP contribution >= 0.6 is 0 Å². The average Bonchev–Trinajstić information content (AvgIpc) is 2.42. The van der Waals surface area contributed by atoms with Gasteiger partial charge in [0.05, 0.1) is 12.2 Å². The number of hydrogen-bond donors (Lipinski definition) is 1. The van der Waals surface area contributed by atoms with Gasteiger partial charge in [-0.1, -0.05) is 0 Å². The molecule has 0 amide bonds. The molecule has 2 aliphatic heterocycles. The predicted octanol–water partition coefficient (Wildman–Crippen LogP) is -0.00530. The number of hydrogen-bond acceptors (Lipinski definition) is 2. The molecular weight excluding hydrogens is 114 g/mol. The highest BCUT2D eigenvalue weighted by atomic mass is 16.5. The van der Waals surface area contributed by atoms with Gasteiger partial charge in [-0.3, -0.25) is 0 Å². The molecule has 0 aromatic rings. The first-order valence-electron chi connectivity index (χ1n) is 3.75. The smallest absolute Gasteiger partial charge is 0.0961 e. The lowest BCUT2D eigenvalue weighted by Gasteiger charge is -2.40. The molecule has 1 aliphatic carbocycles. The van der Waals surface area contributed by atoms with Gasteiger partial charge in [0.2, 0.25) is 0 Å². The Balaban J connectivity index is 1.90. The predicted molar refractivity (Wildman–Crippen MR) is 33.1 cm³/mol. The van der Waals surface area contributed by atoms with Gasteiger partial charge in [-0.25, -0.2) is 0 Å². The average molecular weight is 125 g/mol. The summed E-state index contributed by atoms with van der Waals surface area (Å²) in [4.78, 5) is 0. The van der Waals surface area contributed by atoms with Crippen molar-refractivity contribution in [3.63, 3.8) is 0 Å². The van der Waals surface area contributed by atoms with Crippen molar-refractivity contribution >= 4 is 0 Å². The van der Waals surface area contributed by atoms with Crippen molar-refractivity contribution in [2.45, 2.75) is 12.0 Å². The zero-order valence-corrected chi connectivity index (χ0v) is 5.39. The summed E-state index contributed by atoms with van der Waals surface area (Å²) >= 11 is 0. The quantitative estimate of drug-likeness (QED) is 0.492. The van der Waals surface area contributed by atoms with Gasteiger partial charge in [-0.2, -0.15) is 0 Å². The lowest BCUT2D eigenvalue weighted by Crippen LogP contribution is -2.61. The lowest BCUT2D eigenvalue weighted by atomic mass is 9.91. The van der Waals surface area contributed by atoms with E-state index in [1.54, 1.807) is 0 Å². The fraction of sp³-hybridized carbons (Fsp3) is 1.00. The molecule has 3 fully saturated rings. The second kappa shape index (κ2) is 1.18. The van der Waals surface area contributed by atoms with E-state index in [1.807, 2.05) is 0 Å². The summed E-state index contributed by atoms with van der Waals surface area (Å²) in [6.45, 7) is 3.29. The van der Waals surface area contributed by atoms with Crippen molar-refractivity contribution < 1.29 is 4.74 Å². The minimum Gasteiger partial charge on any atom is -0.372 e. The van der Waals surface area contributed by atoms with Crippen LogP contribution in [0.1, 0.15) is 6.42 Å². The molecule has 2 atom stereocenters. The van der Waals surface area contributed by atoms with Crippen molar-refractivity contribution in [1.82, 2.24) is 5.32 Å². The van der Waals surface area contributed by atoms with E-state index < -0.39 is 0 Å². The molecule has 2 saturated heterocycles. The Morgan fingerprint density at radius 3 is 2.56 bits per heavy atom. The molecule has 50 valence electrons. The van der Waals surface area contributed by atoms with Crippen molar-refractivity contribution in [3.05, 3.63) is 0 Å². The topological polar surface area (TPSA) is 21.3 Å². The molecular formula is C7H11NO. The fourth-order valence-corrected chi connectivity index (χ4v) is 2.19. The van der Waals surface area contributed by atoms with E-state index in [-0.39, 0.29) is 0 Å². The maximum absolute atomic E-state index is 5.68. The zero-order valence-electron chi connectivity index (χ0n) is 5.39. The van der Waals surface area contributed by atoms with Gasteiger partial charge in [0.25, 0.3) is 0 Å². The molecule has 3 aliphatic rings. The van der Waals surface area contributed by atoms with Crippen LogP contribution in [0.25, 0.3) is 0 Å². The summed E-state index contributed by atoms with van der Waals surface area (Å²) < 4.78 is 5.68. The molecule has 1 spiro atoms. The molecule has 0 aromatic heterocycles. The highest BCUT2D eigenvalue weighted by molar-refractivity contribution is 5.13. The monoisotopic (exact) mass is 125 g/mol. The first kappa shape index (κ1) is 4.69. The Labute approximate surface area is 54.6 Å². The standard InChI is InChI=1S/C7H11NO/c1-5-2-9-7(6(1)5)3-8-4-7/h5-6,8H,1-4H2/t5-,6-/m1/s1. The molecule has 0 aromatic carbocycles. The van der Waals surface area contributed by atoms with Gasteiger partial charge in [0.1, 0.15) is 0 Å². The van der Waals surface area contributed by atoms with Crippen LogP contribution in [0.4, 0.5) is 0 Å². The normalized spacial score (nSPS) is 50.7. The van der Waals surface area contributed by atoms with Crippen LogP contribution in [0.15, 0.2) is 0 Å².